The van der Waals surface area contributed by atoms with Crippen LogP contribution in [0.5, 0.6) is 0 Å². The topological polar surface area (TPSA) is 77.2 Å². The first-order valence-corrected chi connectivity index (χ1v) is 8.35. The van der Waals surface area contributed by atoms with Gasteiger partial charge in [0, 0.05) is 12.0 Å². The van der Waals surface area contributed by atoms with Crippen molar-refractivity contribution in [3.05, 3.63) is 35.5 Å². The zero-order valence-electron chi connectivity index (χ0n) is 15.1. The summed E-state index contributed by atoms with van der Waals surface area (Å²) in [6.45, 7) is 7.99. The van der Waals surface area contributed by atoms with Crippen LogP contribution >= 0.6 is 0 Å². The van der Waals surface area contributed by atoms with Crippen molar-refractivity contribution in [1.29, 1.82) is 0 Å². The first-order chi connectivity index (χ1) is 11.8. The van der Waals surface area contributed by atoms with Gasteiger partial charge in [-0.15, -0.1) is 0 Å². The van der Waals surface area contributed by atoms with Gasteiger partial charge in [0.15, 0.2) is 0 Å². The van der Waals surface area contributed by atoms with Crippen LogP contribution in [-0.4, -0.2) is 34.8 Å². The third-order valence-corrected chi connectivity index (χ3v) is 3.82. The Hall–Kier alpha value is -2.28. The minimum atomic E-state index is -0.741. The molecule has 1 N–H and O–H groups in total. The number of esters is 1. The summed E-state index contributed by atoms with van der Waals surface area (Å²) in [4.78, 5) is 16.1. The lowest BCUT2D eigenvalue weighted by Crippen LogP contribution is -2.48. The normalized spacial score (nSPS) is 11.6. The zero-order chi connectivity index (χ0) is 18.4. The third kappa shape index (κ3) is 5.09. The van der Waals surface area contributed by atoms with Crippen molar-refractivity contribution < 1.29 is 18.4 Å². The van der Waals surface area contributed by atoms with Gasteiger partial charge in [0.05, 0.1) is 6.61 Å². The summed E-state index contributed by atoms with van der Waals surface area (Å²) in [6, 6.07) is 4.84. The van der Waals surface area contributed by atoms with Crippen molar-refractivity contribution in [2.24, 2.45) is 0 Å². The van der Waals surface area contributed by atoms with Gasteiger partial charge in [0.2, 0.25) is 11.7 Å². The molecule has 2 aromatic rings. The van der Waals surface area contributed by atoms with Gasteiger partial charge >= 0.3 is 5.97 Å². The first kappa shape index (κ1) is 19.1. The van der Waals surface area contributed by atoms with Crippen molar-refractivity contribution in [2.45, 2.75) is 46.1 Å². The maximum Gasteiger partial charge on any atom is 0.325 e. The van der Waals surface area contributed by atoms with Crippen LogP contribution in [0.15, 0.2) is 22.7 Å². The molecule has 1 aromatic heterocycles. The van der Waals surface area contributed by atoms with E-state index in [1.165, 1.54) is 6.07 Å². The van der Waals surface area contributed by atoms with E-state index in [2.05, 4.69) is 15.5 Å². The molecular formula is C18H24FN3O3. The van der Waals surface area contributed by atoms with E-state index in [4.69, 9.17) is 9.26 Å². The Morgan fingerprint density at radius 3 is 2.84 bits per heavy atom. The van der Waals surface area contributed by atoms with Crippen LogP contribution < -0.4 is 5.32 Å². The van der Waals surface area contributed by atoms with Crippen LogP contribution in [0.2, 0.25) is 0 Å². The van der Waals surface area contributed by atoms with Crippen LogP contribution in [0.25, 0.3) is 11.4 Å². The van der Waals surface area contributed by atoms with Gasteiger partial charge in [0.1, 0.15) is 11.4 Å². The van der Waals surface area contributed by atoms with Crippen LogP contribution in [0.4, 0.5) is 4.39 Å². The highest BCUT2D eigenvalue weighted by molar-refractivity contribution is 5.79. The molecule has 1 aromatic carbocycles. The molecule has 136 valence electrons. The summed E-state index contributed by atoms with van der Waals surface area (Å²) < 4.78 is 23.8. The predicted molar refractivity (Wildman–Crippen MR) is 91.5 cm³/mol. The molecule has 2 rings (SSSR count). The molecule has 7 heteroatoms. The van der Waals surface area contributed by atoms with E-state index in [1.54, 1.807) is 39.8 Å². The maximum absolute atomic E-state index is 13.6. The van der Waals surface area contributed by atoms with E-state index >= 15 is 0 Å². The van der Waals surface area contributed by atoms with Gasteiger partial charge in [-0.25, -0.2) is 4.39 Å². The Kier molecular flexibility index (Phi) is 6.25. The van der Waals surface area contributed by atoms with Crippen molar-refractivity contribution in [1.82, 2.24) is 15.5 Å². The second kappa shape index (κ2) is 8.20. The molecule has 25 heavy (non-hydrogen) atoms. The number of aryl methyl sites for hydroxylation is 2. The minimum Gasteiger partial charge on any atom is -0.465 e. The summed E-state index contributed by atoms with van der Waals surface area (Å²) in [5, 5.41) is 7.04. The van der Waals surface area contributed by atoms with Crippen molar-refractivity contribution in [3.8, 4) is 11.4 Å². The molecule has 0 aliphatic heterocycles. The van der Waals surface area contributed by atoms with Gasteiger partial charge < -0.3 is 14.6 Å². The highest BCUT2D eigenvalue weighted by atomic mass is 19.1. The summed E-state index contributed by atoms with van der Waals surface area (Å²) >= 11 is 0. The number of rotatable bonds is 8. The Morgan fingerprint density at radius 1 is 1.40 bits per heavy atom. The predicted octanol–water partition coefficient (Wildman–Crippen LogP) is 3.05. The lowest BCUT2D eigenvalue weighted by Gasteiger charge is -2.23. The Labute approximate surface area is 146 Å². The smallest absolute Gasteiger partial charge is 0.325 e. The number of nitrogens with zero attached hydrogens (tertiary/aromatic N) is 2. The largest absolute Gasteiger partial charge is 0.465 e. The van der Waals surface area contributed by atoms with E-state index in [-0.39, 0.29) is 11.8 Å². The summed E-state index contributed by atoms with van der Waals surface area (Å²) in [5.74, 6) is 0.270. The monoisotopic (exact) mass is 349 g/mol. The van der Waals surface area contributed by atoms with Gasteiger partial charge in [-0.2, -0.15) is 4.98 Å². The van der Waals surface area contributed by atoms with Crippen LogP contribution in [-0.2, 0) is 16.0 Å². The highest BCUT2D eigenvalue weighted by Gasteiger charge is 2.28. The molecule has 0 amide bonds. The van der Waals surface area contributed by atoms with Gasteiger partial charge in [-0.3, -0.25) is 4.79 Å². The molecule has 0 saturated carbocycles. The highest BCUT2D eigenvalue weighted by Crippen LogP contribution is 2.19. The molecule has 1 heterocycles. The fourth-order valence-electron chi connectivity index (χ4n) is 2.23. The number of carbonyl (C=O) groups is 1. The molecule has 0 aliphatic rings. The fourth-order valence-corrected chi connectivity index (χ4v) is 2.23. The second-order valence-corrected chi connectivity index (χ2v) is 6.35. The number of benzene rings is 1. The maximum atomic E-state index is 13.6. The minimum absolute atomic E-state index is 0.281. The molecule has 0 radical (unpaired) electrons. The van der Waals surface area contributed by atoms with E-state index < -0.39 is 5.54 Å². The van der Waals surface area contributed by atoms with Crippen molar-refractivity contribution in [3.63, 3.8) is 0 Å². The number of aromatic nitrogens is 2. The van der Waals surface area contributed by atoms with E-state index in [9.17, 15) is 9.18 Å². The fraction of sp³-hybridized carbons (Fsp3) is 0.500. The average Bonchev–Trinajstić information content (AvgIpc) is 3.03. The zero-order valence-corrected chi connectivity index (χ0v) is 15.1. The average molecular weight is 349 g/mol. The molecule has 0 atom stereocenters. The van der Waals surface area contributed by atoms with Crippen LogP contribution in [0, 0.1) is 12.7 Å². The standard InChI is InChI=1S/C18H24FN3O3/c1-5-24-17(23)18(3,4)20-10-6-7-15-21-16(22-25-15)13-9-8-12(2)14(19)11-13/h8-9,11,20H,5-7,10H2,1-4H3. The molecule has 6 nitrogen and oxygen atoms in total. The number of ether oxygens (including phenoxy) is 1. The van der Waals surface area contributed by atoms with Crippen molar-refractivity contribution in [2.75, 3.05) is 13.2 Å². The Balaban J connectivity index is 1.85. The SMILES string of the molecule is CCOC(=O)C(C)(C)NCCCc1nc(-c2ccc(C)c(F)c2)no1. The molecule has 0 saturated heterocycles. The lowest BCUT2D eigenvalue weighted by molar-refractivity contribution is -0.149. The molecule has 0 bridgehead atoms. The van der Waals surface area contributed by atoms with Crippen LogP contribution in [0.1, 0.15) is 38.6 Å². The first-order valence-electron chi connectivity index (χ1n) is 8.35. The van der Waals surface area contributed by atoms with Crippen LogP contribution in [0.3, 0.4) is 0 Å². The third-order valence-electron chi connectivity index (χ3n) is 3.82. The Bertz CT molecular complexity index is 728. The number of halogens is 1. The molecular weight excluding hydrogens is 325 g/mol. The second-order valence-electron chi connectivity index (χ2n) is 6.35. The van der Waals surface area contributed by atoms with E-state index in [0.717, 1.165) is 0 Å². The van der Waals surface area contributed by atoms with Gasteiger partial charge in [-0.1, -0.05) is 17.3 Å². The number of hydrogen-bond acceptors (Lipinski definition) is 6. The lowest BCUT2D eigenvalue weighted by atomic mass is 10.1. The van der Waals surface area contributed by atoms with Gasteiger partial charge in [0.25, 0.3) is 0 Å². The molecule has 0 fully saturated rings. The number of hydrogen-bond donors (Lipinski definition) is 1. The molecule has 0 spiro atoms. The molecule has 0 unspecified atom stereocenters. The number of carbonyl (C=O) groups excluding carboxylic acids is 1. The van der Waals surface area contributed by atoms with E-state index in [1.807, 2.05) is 0 Å². The molecule has 0 aliphatic carbocycles. The quantitative estimate of drug-likeness (QED) is 0.583. The Morgan fingerprint density at radius 2 is 2.16 bits per heavy atom. The van der Waals surface area contributed by atoms with Crippen molar-refractivity contribution >= 4 is 5.97 Å². The van der Waals surface area contributed by atoms with E-state index in [0.29, 0.717) is 48.8 Å². The number of nitrogens with one attached hydrogen (secondary N) is 1. The summed E-state index contributed by atoms with van der Waals surface area (Å²) in [6.07, 6.45) is 1.28. The summed E-state index contributed by atoms with van der Waals surface area (Å²) in [5.41, 5.74) is 0.414. The summed E-state index contributed by atoms with van der Waals surface area (Å²) in [7, 11) is 0. The van der Waals surface area contributed by atoms with Gasteiger partial charge in [-0.05, 0) is 52.3 Å².